The third-order valence-corrected chi connectivity index (χ3v) is 7.87. The van der Waals surface area contributed by atoms with Crippen LogP contribution in [0.2, 0.25) is 0 Å². The molecule has 0 aliphatic carbocycles. The fraction of sp³-hybridized carbons (Fsp3) is 0.0968. The number of pyridine rings is 1. The van der Waals surface area contributed by atoms with Crippen molar-refractivity contribution in [1.29, 1.82) is 0 Å². The molecule has 3 heterocycles. The normalized spacial score (nSPS) is 11.1. The van der Waals surface area contributed by atoms with Gasteiger partial charge in [0.1, 0.15) is 21.2 Å². The molecule has 6 rings (SSSR count). The molecule has 10 heteroatoms. The molecule has 9 nitrogen and oxygen atoms in total. The minimum atomic E-state index is -0.861. The SMILES string of the molecule is COc1ccc(OC)c(-c2cc(-c3ccccc3)nc3sc(C(=O)c4c([O-])on[n+]4-c4ccc(C)cc4)c(N)c23)c1. The van der Waals surface area contributed by atoms with E-state index in [1.54, 1.807) is 32.4 Å². The highest BCUT2D eigenvalue weighted by Crippen LogP contribution is 2.45. The van der Waals surface area contributed by atoms with E-state index in [0.717, 1.165) is 22.5 Å². The van der Waals surface area contributed by atoms with Gasteiger partial charge in [-0.25, -0.2) is 4.98 Å². The van der Waals surface area contributed by atoms with Gasteiger partial charge in [0.05, 0.1) is 30.9 Å². The predicted octanol–water partition coefficient (Wildman–Crippen LogP) is 5.11. The number of hydrogen-bond acceptors (Lipinski definition) is 9. The van der Waals surface area contributed by atoms with Crippen LogP contribution < -0.4 is 25.0 Å². The first kappa shape index (κ1) is 26.0. The van der Waals surface area contributed by atoms with Gasteiger partial charge in [-0.15, -0.1) is 11.3 Å². The van der Waals surface area contributed by atoms with Gasteiger partial charge in [-0.1, -0.05) is 48.0 Å². The topological polar surface area (TPSA) is 127 Å². The molecule has 0 aliphatic heterocycles. The van der Waals surface area contributed by atoms with E-state index in [9.17, 15) is 9.90 Å². The number of carbonyl (C=O) groups is 1. The standard InChI is InChI=1S/C31H24N4O5S/c1-17-9-11-19(12-10-17)35-27(31(37)40-34-35)28(36)29-26(32)25-22(21-15-20(38-2)13-14-24(21)39-3)16-23(33-30(25)41-29)18-7-5-4-6-8-18/h4-16H,1-3H3,(H2-,32,34,36,37). The molecule has 0 unspecified atom stereocenters. The smallest absolute Gasteiger partial charge is 0.312 e. The number of fused-ring (bicyclic) bond motifs is 1. The first-order valence-electron chi connectivity index (χ1n) is 12.6. The third kappa shape index (κ3) is 4.53. The molecule has 0 radical (unpaired) electrons. The number of carbonyl (C=O) groups excluding carboxylic acids is 1. The van der Waals surface area contributed by atoms with Gasteiger partial charge in [-0.2, -0.15) is 0 Å². The summed E-state index contributed by atoms with van der Waals surface area (Å²) >= 11 is 1.11. The summed E-state index contributed by atoms with van der Waals surface area (Å²) in [6.45, 7) is 1.94. The van der Waals surface area contributed by atoms with Crippen LogP contribution in [0.4, 0.5) is 5.69 Å². The Morgan fingerprint density at radius 3 is 2.44 bits per heavy atom. The van der Waals surface area contributed by atoms with Crippen LogP contribution in [-0.4, -0.2) is 30.3 Å². The Labute approximate surface area is 239 Å². The number of nitrogen functional groups attached to an aromatic ring is 1. The molecule has 0 bridgehead atoms. The number of hydrogen-bond donors (Lipinski definition) is 1. The van der Waals surface area contributed by atoms with Crippen LogP contribution in [0.25, 0.3) is 38.3 Å². The summed E-state index contributed by atoms with van der Waals surface area (Å²) in [5.41, 5.74) is 11.2. The number of aryl methyl sites for hydroxylation is 1. The zero-order valence-corrected chi connectivity index (χ0v) is 23.2. The Balaban J connectivity index is 1.59. The lowest BCUT2D eigenvalue weighted by atomic mass is 9.98. The summed E-state index contributed by atoms with van der Waals surface area (Å²) in [7, 11) is 3.17. The number of ether oxygens (including phenoxy) is 2. The number of anilines is 1. The second-order valence-electron chi connectivity index (χ2n) is 9.30. The Hall–Kier alpha value is -5.22. The van der Waals surface area contributed by atoms with Gasteiger partial charge in [0.25, 0.3) is 5.78 Å². The zero-order chi connectivity index (χ0) is 28.7. The van der Waals surface area contributed by atoms with Gasteiger partial charge in [0.2, 0.25) is 5.69 Å². The molecule has 0 atom stereocenters. The van der Waals surface area contributed by atoms with Crippen LogP contribution in [0.15, 0.2) is 83.4 Å². The van der Waals surface area contributed by atoms with Crippen molar-refractivity contribution in [2.75, 3.05) is 20.0 Å². The van der Waals surface area contributed by atoms with Gasteiger partial charge in [-0.3, -0.25) is 4.79 Å². The second kappa shape index (κ2) is 10.4. The summed E-state index contributed by atoms with van der Waals surface area (Å²) in [5, 5.41) is 17.1. The second-order valence-corrected chi connectivity index (χ2v) is 10.3. The largest absolute Gasteiger partial charge is 0.539 e. The van der Waals surface area contributed by atoms with Crippen LogP contribution in [-0.2, 0) is 0 Å². The molecule has 0 saturated carbocycles. The van der Waals surface area contributed by atoms with E-state index in [1.807, 2.05) is 67.6 Å². The van der Waals surface area contributed by atoms with Crippen molar-refractivity contribution in [3.63, 3.8) is 0 Å². The lowest BCUT2D eigenvalue weighted by Gasteiger charge is -2.13. The van der Waals surface area contributed by atoms with Crippen molar-refractivity contribution in [1.82, 2.24) is 10.3 Å². The zero-order valence-electron chi connectivity index (χ0n) is 22.4. The lowest BCUT2D eigenvalue weighted by molar-refractivity contribution is -0.672. The van der Waals surface area contributed by atoms with Gasteiger partial charge in [-0.05, 0) is 35.9 Å². The van der Waals surface area contributed by atoms with Gasteiger partial charge in [0, 0.05) is 34.2 Å². The van der Waals surface area contributed by atoms with Gasteiger partial charge < -0.3 is 24.8 Å². The fourth-order valence-electron chi connectivity index (χ4n) is 4.69. The molecule has 0 aliphatic rings. The Morgan fingerprint density at radius 2 is 1.73 bits per heavy atom. The maximum atomic E-state index is 13.9. The molecule has 0 saturated heterocycles. The lowest BCUT2D eigenvalue weighted by Crippen LogP contribution is -2.39. The summed E-state index contributed by atoms with van der Waals surface area (Å²) < 4.78 is 17.3. The molecule has 204 valence electrons. The summed E-state index contributed by atoms with van der Waals surface area (Å²) in [4.78, 5) is 19.5. The number of ketones is 1. The number of methoxy groups -OCH3 is 2. The molecule has 0 fully saturated rings. The van der Waals surface area contributed by atoms with E-state index < -0.39 is 11.7 Å². The number of nitrogens with zero attached hydrogens (tertiary/aromatic N) is 3. The quantitative estimate of drug-likeness (QED) is 0.209. The highest BCUT2D eigenvalue weighted by atomic mass is 32.1. The predicted molar refractivity (Wildman–Crippen MR) is 154 cm³/mol. The number of aromatic nitrogens is 3. The van der Waals surface area contributed by atoms with Crippen molar-refractivity contribution in [3.8, 4) is 45.5 Å². The number of rotatable bonds is 7. The molecule has 3 aromatic carbocycles. The number of nitrogens with two attached hydrogens (primary N) is 1. The van der Waals surface area contributed by atoms with Crippen molar-refractivity contribution in [3.05, 3.63) is 95.0 Å². The molecule has 0 spiro atoms. The van der Waals surface area contributed by atoms with Crippen molar-refractivity contribution < 1.29 is 28.6 Å². The molecular weight excluding hydrogens is 540 g/mol. The number of thiophene rings is 1. The van der Waals surface area contributed by atoms with E-state index >= 15 is 0 Å². The van der Waals surface area contributed by atoms with Crippen LogP contribution in [0.3, 0.4) is 0 Å². The minimum absolute atomic E-state index is 0.155. The maximum absolute atomic E-state index is 13.9. The minimum Gasteiger partial charge on any atom is -0.539 e. The summed E-state index contributed by atoms with van der Waals surface area (Å²) in [6.07, 6.45) is 0. The summed E-state index contributed by atoms with van der Waals surface area (Å²) in [5.74, 6) is -0.257. The molecule has 41 heavy (non-hydrogen) atoms. The average Bonchev–Trinajstić information content (AvgIpc) is 3.56. The van der Waals surface area contributed by atoms with Gasteiger partial charge in [0.15, 0.2) is 5.95 Å². The van der Waals surface area contributed by atoms with E-state index in [0.29, 0.717) is 44.2 Å². The van der Waals surface area contributed by atoms with E-state index in [2.05, 4.69) is 5.27 Å². The van der Waals surface area contributed by atoms with Crippen LogP contribution in [0.5, 0.6) is 17.4 Å². The van der Waals surface area contributed by atoms with Crippen molar-refractivity contribution in [2.45, 2.75) is 6.92 Å². The highest BCUT2D eigenvalue weighted by Gasteiger charge is 2.33. The molecule has 2 N–H and O–H groups in total. The Morgan fingerprint density at radius 1 is 0.976 bits per heavy atom. The third-order valence-electron chi connectivity index (χ3n) is 6.78. The van der Waals surface area contributed by atoms with E-state index in [-0.39, 0.29) is 16.3 Å². The highest BCUT2D eigenvalue weighted by molar-refractivity contribution is 7.21. The van der Waals surface area contributed by atoms with Crippen LogP contribution in [0.1, 0.15) is 20.9 Å². The first-order chi connectivity index (χ1) is 19.9. The Bertz CT molecular complexity index is 1910. The van der Waals surface area contributed by atoms with E-state index in [1.165, 1.54) is 4.68 Å². The monoisotopic (exact) mass is 564 g/mol. The summed E-state index contributed by atoms with van der Waals surface area (Å²) in [6, 6.07) is 24.3. The average molecular weight is 565 g/mol. The fourth-order valence-corrected chi connectivity index (χ4v) is 5.75. The van der Waals surface area contributed by atoms with Crippen LogP contribution in [0, 0.1) is 6.92 Å². The van der Waals surface area contributed by atoms with Crippen molar-refractivity contribution >= 4 is 33.0 Å². The molecule has 3 aromatic heterocycles. The van der Waals surface area contributed by atoms with Crippen molar-refractivity contribution in [2.24, 2.45) is 0 Å². The Kier molecular flexibility index (Phi) is 6.60. The number of benzene rings is 3. The first-order valence-corrected chi connectivity index (χ1v) is 13.4. The van der Waals surface area contributed by atoms with Crippen LogP contribution >= 0.6 is 11.3 Å². The molecule has 6 aromatic rings. The molecule has 0 amide bonds. The van der Waals surface area contributed by atoms with E-state index in [4.69, 9.17) is 24.7 Å². The maximum Gasteiger partial charge on any atom is 0.312 e. The van der Waals surface area contributed by atoms with Gasteiger partial charge >= 0.3 is 5.69 Å². The molecular formula is C31H24N4O5S.